The van der Waals surface area contributed by atoms with Gasteiger partial charge in [-0.05, 0) is 35.9 Å². The van der Waals surface area contributed by atoms with Crippen LogP contribution in [0.1, 0.15) is 18.1 Å². The highest BCUT2D eigenvalue weighted by Gasteiger charge is 2.27. The number of thioether (sulfide) groups is 1. The molecule has 6 nitrogen and oxygen atoms in total. The zero-order valence-electron chi connectivity index (χ0n) is 14.3. The number of nitrogens with two attached hydrogens (primary N) is 1. The molecule has 2 aromatic heterocycles. The Morgan fingerprint density at radius 1 is 1.23 bits per heavy atom. The summed E-state index contributed by atoms with van der Waals surface area (Å²) in [4.78, 5) is 15.7. The van der Waals surface area contributed by atoms with Crippen LogP contribution in [-0.4, -0.2) is 37.5 Å². The van der Waals surface area contributed by atoms with Gasteiger partial charge >= 0.3 is 0 Å². The van der Waals surface area contributed by atoms with Crippen molar-refractivity contribution in [3.8, 4) is 10.7 Å². The molecule has 1 aliphatic heterocycles. The van der Waals surface area contributed by atoms with Gasteiger partial charge < -0.3 is 10.7 Å². The van der Waals surface area contributed by atoms with Crippen molar-refractivity contribution in [1.29, 1.82) is 0 Å². The first-order chi connectivity index (χ1) is 12.6. The second-order valence-electron chi connectivity index (χ2n) is 6.19. The van der Waals surface area contributed by atoms with Gasteiger partial charge in [-0.25, -0.2) is 4.68 Å². The molecule has 3 aromatic rings. The molecule has 26 heavy (non-hydrogen) atoms. The minimum Gasteiger partial charge on any atom is -0.337 e. The molecule has 1 atom stereocenters. The van der Waals surface area contributed by atoms with Gasteiger partial charge in [-0.1, -0.05) is 42.1 Å². The molecule has 3 heterocycles. The number of carbonyl (C=O) groups is 1. The molecule has 0 aliphatic carbocycles. The Morgan fingerprint density at radius 2 is 2.04 bits per heavy atom. The number of hydrogen-bond acceptors (Lipinski definition) is 6. The second kappa shape index (κ2) is 7.13. The summed E-state index contributed by atoms with van der Waals surface area (Å²) in [5.74, 6) is 6.86. The van der Waals surface area contributed by atoms with E-state index in [0.717, 1.165) is 17.8 Å². The summed E-state index contributed by atoms with van der Waals surface area (Å²) in [7, 11) is 0. The number of fused-ring (bicyclic) bond motifs is 1. The molecule has 0 radical (unpaired) electrons. The Labute approximate surface area is 160 Å². The van der Waals surface area contributed by atoms with Gasteiger partial charge in [0.1, 0.15) is 0 Å². The molecule has 0 spiro atoms. The molecule has 0 bridgehead atoms. The van der Waals surface area contributed by atoms with Gasteiger partial charge in [-0.2, -0.15) is 0 Å². The smallest absolute Gasteiger partial charge is 0.236 e. The monoisotopic (exact) mass is 385 g/mol. The van der Waals surface area contributed by atoms with Gasteiger partial charge in [0, 0.05) is 13.1 Å². The first-order valence-electron chi connectivity index (χ1n) is 8.40. The molecule has 0 saturated heterocycles. The lowest BCUT2D eigenvalue weighted by Gasteiger charge is -2.30. The summed E-state index contributed by atoms with van der Waals surface area (Å²) in [6.07, 6.45) is 0.898. The van der Waals surface area contributed by atoms with Gasteiger partial charge in [0.05, 0.1) is 10.1 Å². The Kier molecular flexibility index (Phi) is 4.69. The fraction of sp³-hybridized carbons (Fsp3) is 0.278. The Balaban J connectivity index is 1.46. The molecule has 1 amide bonds. The van der Waals surface area contributed by atoms with Crippen LogP contribution >= 0.6 is 23.1 Å². The van der Waals surface area contributed by atoms with Gasteiger partial charge in [0.2, 0.25) is 11.1 Å². The Morgan fingerprint density at radius 3 is 2.81 bits per heavy atom. The van der Waals surface area contributed by atoms with Crippen LogP contribution in [0.15, 0.2) is 46.9 Å². The third kappa shape index (κ3) is 3.22. The van der Waals surface area contributed by atoms with Gasteiger partial charge in [-0.3, -0.25) is 4.79 Å². The van der Waals surface area contributed by atoms with Crippen molar-refractivity contribution in [3.63, 3.8) is 0 Å². The largest absolute Gasteiger partial charge is 0.337 e. The lowest BCUT2D eigenvalue weighted by molar-refractivity contribution is -0.131. The van der Waals surface area contributed by atoms with Gasteiger partial charge in [0.25, 0.3) is 0 Å². The van der Waals surface area contributed by atoms with E-state index in [1.165, 1.54) is 27.6 Å². The van der Waals surface area contributed by atoms with E-state index in [0.29, 0.717) is 17.5 Å². The lowest BCUT2D eigenvalue weighted by atomic mass is 10.00. The van der Waals surface area contributed by atoms with Crippen molar-refractivity contribution in [3.05, 3.63) is 52.9 Å². The molecular weight excluding hydrogens is 366 g/mol. The van der Waals surface area contributed by atoms with E-state index < -0.39 is 0 Å². The normalized spacial score (nSPS) is 14.9. The molecular formula is C18H19N5OS2. The van der Waals surface area contributed by atoms with Crippen LogP contribution in [0.3, 0.4) is 0 Å². The zero-order valence-corrected chi connectivity index (χ0v) is 16.0. The SMILES string of the molecule is CC(Sc1nnc(-c2cccs2)n1N)C(=O)N1CCc2ccccc2C1. The maximum absolute atomic E-state index is 12.9. The average molecular weight is 386 g/mol. The Bertz CT molecular complexity index is 922. The van der Waals surface area contributed by atoms with E-state index >= 15 is 0 Å². The summed E-state index contributed by atoms with van der Waals surface area (Å²) in [5.41, 5.74) is 2.56. The number of thiophene rings is 1. The number of aromatic nitrogens is 3. The highest BCUT2D eigenvalue weighted by atomic mass is 32.2. The van der Waals surface area contributed by atoms with Crippen LogP contribution in [0.5, 0.6) is 0 Å². The molecule has 2 N–H and O–H groups in total. The van der Waals surface area contributed by atoms with Crippen molar-refractivity contribution in [1.82, 2.24) is 19.8 Å². The zero-order chi connectivity index (χ0) is 18.1. The van der Waals surface area contributed by atoms with Crippen LogP contribution in [0.25, 0.3) is 10.7 Å². The molecule has 1 aromatic carbocycles. The third-order valence-electron chi connectivity index (χ3n) is 4.48. The number of amides is 1. The van der Waals surface area contributed by atoms with Crippen molar-refractivity contribution < 1.29 is 4.79 Å². The first-order valence-corrected chi connectivity index (χ1v) is 10.2. The molecule has 0 fully saturated rings. The van der Waals surface area contributed by atoms with E-state index in [1.54, 1.807) is 11.3 Å². The predicted octanol–water partition coefficient (Wildman–Crippen LogP) is 2.79. The standard InChI is InChI=1S/C18H19N5OS2/c1-12(17(24)22-9-8-13-5-2-3-6-14(13)11-22)26-18-21-20-16(23(18)19)15-7-4-10-25-15/h2-7,10,12H,8-9,11,19H2,1H3. The van der Waals surface area contributed by atoms with E-state index in [2.05, 4.69) is 22.3 Å². The van der Waals surface area contributed by atoms with Crippen molar-refractivity contribution in [2.75, 3.05) is 12.4 Å². The van der Waals surface area contributed by atoms with Crippen LogP contribution in [0.4, 0.5) is 0 Å². The summed E-state index contributed by atoms with van der Waals surface area (Å²) < 4.78 is 1.46. The Hall–Kier alpha value is -2.32. The van der Waals surface area contributed by atoms with E-state index in [1.807, 2.05) is 41.5 Å². The summed E-state index contributed by atoms with van der Waals surface area (Å²) >= 11 is 2.91. The number of nitrogens with zero attached hydrogens (tertiary/aromatic N) is 4. The molecule has 4 rings (SSSR count). The number of carbonyl (C=O) groups excluding carboxylic acids is 1. The third-order valence-corrected chi connectivity index (χ3v) is 6.39. The first kappa shape index (κ1) is 17.1. The number of rotatable bonds is 4. The van der Waals surface area contributed by atoms with Crippen LogP contribution in [0, 0.1) is 0 Å². The van der Waals surface area contributed by atoms with E-state index in [9.17, 15) is 4.79 Å². The fourth-order valence-corrected chi connectivity index (χ4v) is 4.64. The van der Waals surface area contributed by atoms with Gasteiger partial charge in [0.15, 0.2) is 5.82 Å². The summed E-state index contributed by atoms with van der Waals surface area (Å²) in [5, 5.41) is 10.6. The highest BCUT2D eigenvalue weighted by Crippen LogP contribution is 2.28. The molecule has 1 unspecified atom stereocenters. The number of hydrogen-bond donors (Lipinski definition) is 1. The molecule has 8 heteroatoms. The number of nitrogen functional groups attached to an aromatic ring is 1. The maximum atomic E-state index is 12.9. The maximum Gasteiger partial charge on any atom is 0.236 e. The van der Waals surface area contributed by atoms with E-state index in [4.69, 9.17) is 5.84 Å². The van der Waals surface area contributed by atoms with E-state index in [-0.39, 0.29) is 11.2 Å². The quantitative estimate of drug-likeness (QED) is 0.552. The fourth-order valence-electron chi connectivity index (χ4n) is 3.08. The van der Waals surface area contributed by atoms with Crippen LogP contribution in [0.2, 0.25) is 0 Å². The van der Waals surface area contributed by atoms with Crippen molar-refractivity contribution in [2.24, 2.45) is 0 Å². The summed E-state index contributed by atoms with van der Waals surface area (Å²) in [6.45, 7) is 3.30. The molecule has 134 valence electrons. The second-order valence-corrected chi connectivity index (χ2v) is 8.45. The minimum atomic E-state index is -0.275. The minimum absolute atomic E-state index is 0.102. The highest BCUT2D eigenvalue weighted by molar-refractivity contribution is 8.00. The topological polar surface area (TPSA) is 77.0 Å². The summed E-state index contributed by atoms with van der Waals surface area (Å²) in [6, 6.07) is 12.2. The average Bonchev–Trinajstić information content (AvgIpc) is 3.31. The van der Waals surface area contributed by atoms with Gasteiger partial charge in [-0.15, -0.1) is 21.5 Å². The van der Waals surface area contributed by atoms with Crippen molar-refractivity contribution >= 4 is 29.0 Å². The van der Waals surface area contributed by atoms with Crippen LogP contribution in [-0.2, 0) is 17.8 Å². The number of benzene rings is 1. The van der Waals surface area contributed by atoms with Crippen molar-refractivity contribution in [2.45, 2.75) is 30.3 Å². The molecule has 1 aliphatic rings. The molecule has 0 saturated carbocycles. The lowest BCUT2D eigenvalue weighted by Crippen LogP contribution is -2.40. The predicted molar refractivity (Wildman–Crippen MR) is 104 cm³/mol. The van der Waals surface area contributed by atoms with Crippen LogP contribution < -0.4 is 5.84 Å².